The Bertz CT molecular complexity index is 1520. The van der Waals surface area contributed by atoms with E-state index < -0.39 is 11.7 Å². The van der Waals surface area contributed by atoms with Gasteiger partial charge in [0, 0.05) is 49.1 Å². The van der Waals surface area contributed by atoms with Crippen LogP contribution in [0.25, 0.3) is 16.9 Å². The third kappa shape index (κ3) is 5.10. The number of halogens is 3. The number of Topliss-reactive ketones (excluding diaryl/α,β-unsaturated/α-hetero) is 1. The van der Waals surface area contributed by atoms with E-state index >= 15 is 0 Å². The van der Waals surface area contributed by atoms with Gasteiger partial charge in [0.1, 0.15) is 11.6 Å². The molecule has 196 valence electrons. The lowest BCUT2D eigenvalue weighted by Gasteiger charge is -2.35. The lowest BCUT2D eigenvalue weighted by Crippen LogP contribution is -2.39. The summed E-state index contributed by atoms with van der Waals surface area (Å²) in [7, 11) is 0. The topological polar surface area (TPSA) is 68.5 Å². The van der Waals surface area contributed by atoms with Crippen LogP contribution in [0.5, 0.6) is 11.6 Å². The molecule has 0 bridgehead atoms. The molecule has 0 aliphatic heterocycles. The van der Waals surface area contributed by atoms with Crippen molar-refractivity contribution in [1.82, 2.24) is 14.6 Å². The van der Waals surface area contributed by atoms with Gasteiger partial charge < -0.3 is 10.1 Å². The summed E-state index contributed by atoms with van der Waals surface area (Å²) in [5.74, 6) is -2.05. The van der Waals surface area contributed by atoms with Crippen LogP contribution in [0.15, 0.2) is 54.7 Å². The SMILES string of the molecule is Cc1cc(-c2cnc3c(NCC4CC(F)(F)C4)cc(Oc4cccc(F)c4)nn23)ccc1C(=O)CC1CC1. The van der Waals surface area contributed by atoms with E-state index in [1.165, 1.54) is 18.2 Å². The van der Waals surface area contributed by atoms with Gasteiger partial charge in [0.2, 0.25) is 11.8 Å². The highest BCUT2D eigenvalue weighted by Crippen LogP contribution is 2.42. The van der Waals surface area contributed by atoms with Crippen LogP contribution in [0, 0.1) is 24.6 Å². The molecule has 2 heterocycles. The molecular formula is C29H27F3N4O2. The number of nitrogens with zero attached hydrogens (tertiary/aromatic N) is 3. The number of fused-ring (bicyclic) bond motifs is 1. The molecule has 2 saturated carbocycles. The summed E-state index contributed by atoms with van der Waals surface area (Å²) < 4.78 is 47.9. The lowest BCUT2D eigenvalue weighted by atomic mass is 9.81. The molecule has 9 heteroatoms. The summed E-state index contributed by atoms with van der Waals surface area (Å²) >= 11 is 0. The maximum atomic E-state index is 13.7. The van der Waals surface area contributed by atoms with Crippen molar-refractivity contribution in [3.05, 3.63) is 71.7 Å². The van der Waals surface area contributed by atoms with Gasteiger partial charge in [-0.1, -0.05) is 18.2 Å². The van der Waals surface area contributed by atoms with Crippen LogP contribution in [0.2, 0.25) is 0 Å². The maximum absolute atomic E-state index is 13.7. The summed E-state index contributed by atoms with van der Waals surface area (Å²) in [6, 6.07) is 13.0. The molecule has 1 N–H and O–H groups in total. The van der Waals surface area contributed by atoms with Gasteiger partial charge in [-0.25, -0.2) is 22.7 Å². The molecule has 0 amide bonds. The Labute approximate surface area is 217 Å². The second-order valence-electron chi connectivity index (χ2n) is 10.4. The van der Waals surface area contributed by atoms with E-state index in [4.69, 9.17) is 4.74 Å². The number of rotatable bonds is 9. The largest absolute Gasteiger partial charge is 0.437 e. The van der Waals surface area contributed by atoms with Crippen molar-refractivity contribution in [3.63, 3.8) is 0 Å². The summed E-state index contributed by atoms with van der Waals surface area (Å²) in [4.78, 5) is 17.2. The number of alkyl halides is 2. The Morgan fingerprint density at radius 3 is 2.66 bits per heavy atom. The van der Waals surface area contributed by atoms with Gasteiger partial charge in [0.15, 0.2) is 11.4 Å². The number of nitrogens with one attached hydrogen (secondary N) is 1. The minimum absolute atomic E-state index is 0.149. The van der Waals surface area contributed by atoms with Crippen molar-refractivity contribution >= 4 is 17.1 Å². The van der Waals surface area contributed by atoms with Crippen LogP contribution in [-0.2, 0) is 0 Å². The number of ketones is 1. The van der Waals surface area contributed by atoms with Crippen molar-refractivity contribution in [1.29, 1.82) is 0 Å². The first-order valence-corrected chi connectivity index (χ1v) is 12.8. The number of ether oxygens (including phenoxy) is 1. The van der Waals surface area contributed by atoms with Gasteiger partial charge in [-0.2, -0.15) is 0 Å². The molecule has 6 nitrogen and oxygen atoms in total. The van der Waals surface area contributed by atoms with Gasteiger partial charge in [-0.15, -0.1) is 5.10 Å². The number of carbonyl (C=O) groups is 1. The van der Waals surface area contributed by atoms with Crippen LogP contribution in [0.3, 0.4) is 0 Å². The van der Waals surface area contributed by atoms with Gasteiger partial charge in [0.25, 0.3) is 0 Å². The molecule has 2 aromatic carbocycles. The number of aromatic nitrogens is 3. The molecule has 0 atom stereocenters. The molecule has 2 aromatic heterocycles. The summed E-state index contributed by atoms with van der Waals surface area (Å²) in [5.41, 5.74) is 4.16. The Kier molecular flexibility index (Phi) is 6.08. The van der Waals surface area contributed by atoms with Crippen molar-refractivity contribution in [2.24, 2.45) is 11.8 Å². The monoisotopic (exact) mass is 520 g/mol. The van der Waals surface area contributed by atoms with E-state index in [0.29, 0.717) is 35.9 Å². The standard InChI is InChI=1S/C29H27F3N4O2/c1-17-9-20(7-8-23(17)26(37)10-18-5-6-18)25-16-34-28-24(33-15-19-13-29(31,32)14-19)12-27(35-36(25)28)38-22-4-2-3-21(30)11-22/h2-4,7-9,11-12,16,18-19,33H,5-6,10,13-15H2,1H3. The summed E-state index contributed by atoms with van der Waals surface area (Å²) in [6.07, 6.45) is 4.20. The lowest BCUT2D eigenvalue weighted by molar-refractivity contribution is -0.106. The predicted molar refractivity (Wildman–Crippen MR) is 137 cm³/mol. The number of hydrogen-bond donors (Lipinski definition) is 1. The summed E-state index contributed by atoms with van der Waals surface area (Å²) in [5, 5.41) is 7.83. The van der Waals surface area contributed by atoms with Crippen LogP contribution in [0.1, 0.15) is 48.0 Å². The Morgan fingerprint density at radius 2 is 1.95 bits per heavy atom. The maximum Gasteiger partial charge on any atom is 0.248 e. The van der Waals surface area contributed by atoms with E-state index in [9.17, 15) is 18.0 Å². The molecule has 2 aliphatic carbocycles. The van der Waals surface area contributed by atoms with E-state index in [2.05, 4.69) is 15.4 Å². The minimum atomic E-state index is -2.60. The number of imidazole rings is 1. The van der Waals surface area contributed by atoms with E-state index in [0.717, 1.165) is 29.5 Å². The van der Waals surface area contributed by atoms with E-state index in [-0.39, 0.29) is 36.2 Å². The molecule has 0 unspecified atom stereocenters. The second-order valence-corrected chi connectivity index (χ2v) is 10.4. The van der Waals surface area contributed by atoms with Gasteiger partial charge in [-0.05, 0) is 55.4 Å². The zero-order valence-corrected chi connectivity index (χ0v) is 20.9. The molecule has 0 saturated heterocycles. The first-order chi connectivity index (χ1) is 18.2. The fraction of sp³-hybridized carbons (Fsp3) is 0.345. The van der Waals surface area contributed by atoms with Crippen molar-refractivity contribution in [3.8, 4) is 22.9 Å². The highest BCUT2D eigenvalue weighted by Gasteiger charge is 2.44. The zero-order valence-electron chi connectivity index (χ0n) is 20.9. The molecule has 4 aromatic rings. The van der Waals surface area contributed by atoms with Gasteiger partial charge in [0.05, 0.1) is 17.6 Å². The molecular weight excluding hydrogens is 493 g/mol. The third-order valence-electron chi connectivity index (χ3n) is 7.21. The average Bonchev–Trinajstić information content (AvgIpc) is 3.56. The molecule has 0 spiro atoms. The fourth-order valence-corrected chi connectivity index (χ4v) is 4.99. The average molecular weight is 521 g/mol. The smallest absolute Gasteiger partial charge is 0.248 e. The fourth-order valence-electron chi connectivity index (χ4n) is 4.99. The minimum Gasteiger partial charge on any atom is -0.437 e. The predicted octanol–water partition coefficient (Wildman–Crippen LogP) is 7.08. The second kappa shape index (κ2) is 9.45. The Hall–Kier alpha value is -3.88. The van der Waals surface area contributed by atoms with Crippen molar-refractivity contribution in [2.45, 2.75) is 45.0 Å². The van der Waals surface area contributed by atoms with Crippen LogP contribution >= 0.6 is 0 Å². The number of benzene rings is 2. The molecule has 2 aliphatic rings. The van der Waals surface area contributed by atoms with Crippen LogP contribution < -0.4 is 10.1 Å². The number of hydrogen-bond acceptors (Lipinski definition) is 5. The first-order valence-electron chi connectivity index (χ1n) is 12.8. The van der Waals surface area contributed by atoms with Gasteiger partial charge in [-0.3, -0.25) is 4.79 Å². The number of anilines is 1. The van der Waals surface area contributed by atoms with E-state index in [1.54, 1.807) is 22.8 Å². The summed E-state index contributed by atoms with van der Waals surface area (Å²) in [6.45, 7) is 2.27. The zero-order chi connectivity index (χ0) is 26.4. The van der Waals surface area contributed by atoms with Crippen LogP contribution in [0.4, 0.5) is 18.9 Å². The highest BCUT2D eigenvalue weighted by molar-refractivity contribution is 5.98. The molecule has 6 rings (SSSR count). The van der Waals surface area contributed by atoms with Crippen LogP contribution in [-0.4, -0.2) is 32.8 Å². The Balaban J connectivity index is 1.34. The molecule has 0 radical (unpaired) electrons. The Morgan fingerprint density at radius 1 is 1.13 bits per heavy atom. The van der Waals surface area contributed by atoms with Gasteiger partial charge >= 0.3 is 0 Å². The number of carbonyl (C=O) groups excluding carboxylic acids is 1. The first kappa shape index (κ1) is 24.5. The molecule has 2 fully saturated rings. The van der Waals surface area contributed by atoms with E-state index in [1.807, 2.05) is 25.1 Å². The van der Waals surface area contributed by atoms with Crippen molar-refractivity contribution in [2.75, 3.05) is 11.9 Å². The molecule has 38 heavy (non-hydrogen) atoms. The van der Waals surface area contributed by atoms with Crippen molar-refractivity contribution < 1.29 is 22.7 Å². The third-order valence-corrected chi connectivity index (χ3v) is 7.21. The normalized spacial score (nSPS) is 16.8. The highest BCUT2D eigenvalue weighted by atomic mass is 19.3. The number of aryl methyl sites for hydroxylation is 1. The quantitative estimate of drug-likeness (QED) is 0.239.